The van der Waals surface area contributed by atoms with E-state index in [1.807, 2.05) is 63.6 Å². The zero-order chi connectivity index (χ0) is 44.9. The average Bonchev–Trinajstić information content (AvgIpc) is 4.05. The number of nitrogens with zero attached hydrogens (tertiary/aromatic N) is 9. The zero-order valence-corrected chi connectivity index (χ0v) is 36.7. The zero-order valence-electron chi connectivity index (χ0n) is 36.7. The third kappa shape index (κ3) is 9.77. The number of carbonyl (C=O) groups excluding carboxylic acids is 3. The van der Waals surface area contributed by atoms with Crippen molar-refractivity contribution in [1.29, 1.82) is 0 Å². The second kappa shape index (κ2) is 21.8. The van der Waals surface area contributed by atoms with Crippen LogP contribution in [0.25, 0.3) is 44.6 Å². The first kappa shape index (κ1) is 46.4. The van der Waals surface area contributed by atoms with Gasteiger partial charge in [0.15, 0.2) is 23.6 Å². The van der Waals surface area contributed by atoms with E-state index < -0.39 is 5.91 Å². The monoisotopic (exact) mass is 847 g/mol. The lowest BCUT2D eigenvalue weighted by molar-refractivity contribution is 0.0992. The van der Waals surface area contributed by atoms with E-state index in [-0.39, 0.29) is 18.3 Å². The predicted octanol–water partition coefficient (Wildman–Crippen LogP) is 5.68. The molecule has 8 rings (SSSR count). The number of aromatic nitrogens is 9. The molecule has 328 valence electrons. The topological polar surface area (TPSA) is 242 Å². The van der Waals surface area contributed by atoms with Gasteiger partial charge in [0, 0.05) is 60.9 Å². The Hall–Kier alpha value is -6.63. The van der Waals surface area contributed by atoms with E-state index in [9.17, 15) is 14.4 Å². The molecule has 18 heteroatoms. The van der Waals surface area contributed by atoms with Crippen LogP contribution in [0.5, 0.6) is 5.75 Å². The molecule has 7 aromatic rings. The third-order valence-electron chi connectivity index (χ3n) is 9.95. The molecule has 0 unspecified atom stereocenters. The molecule has 0 saturated carbocycles. The molecule has 1 aromatic carbocycles. The molecule has 18 nitrogen and oxygen atoms in total. The fourth-order valence-electron chi connectivity index (χ4n) is 7.09. The number of nitrogens with two attached hydrogens (primary N) is 2. The number of aryl methyl sites for hydroxylation is 4. The van der Waals surface area contributed by atoms with Gasteiger partial charge in [0.05, 0.1) is 23.5 Å². The SMILES string of the molecule is CC.CCc1nc(C)oc1C(=O)Nc1nc2cc(C=O)cnc2n1C/C=C/Cn1c2nc(-c3cc(C)nn3CC)ncc2c2cc(C=O)cc(OCCC3CNC3)c21.CN.CN. The summed E-state index contributed by atoms with van der Waals surface area (Å²) in [6, 6.07) is 7.22. The molecular formula is C44H57N13O5. The highest BCUT2D eigenvalue weighted by Gasteiger charge is 2.23. The number of benzene rings is 1. The van der Waals surface area contributed by atoms with Crippen LogP contribution in [-0.2, 0) is 26.1 Å². The van der Waals surface area contributed by atoms with Gasteiger partial charge < -0.3 is 30.5 Å². The van der Waals surface area contributed by atoms with Crippen LogP contribution < -0.4 is 26.8 Å². The van der Waals surface area contributed by atoms with Gasteiger partial charge in [-0.25, -0.2) is 24.9 Å². The highest BCUT2D eigenvalue weighted by Crippen LogP contribution is 2.36. The number of rotatable bonds is 15. The number of pyridine rings is 1. The number of hydrogen-bond donors (Lipinski definition) is 4. The molecule has 62 heavy (non-hydrogen) atoms. The van der Waals surface area contributed by atoms with Crippen LogP contribution in [-0.4, -0.2) is 96.1 Å². The van der Waals surface area contributed by atoms with Crippen molar-refractivity contribution in [1.82, 2.24) is 49.2 Å². The van der Waals surface area contributed by atoms with E-state index in [0.29, 0.717) is 89.4 Å². The highest BCUT2D eigenvalue weighted by atomic mass is 16.5. The first-order valence-corrected chi connectivity index (χ1v) is 20.8. The molecule has 1 aliphatic heterocycles. The van der Waals surface area contributed by atoms with Crippen molar-refractivity contribution in [2.24, 2.45) is 17.4 Å². The summed E-state index contributed by atoms with van der Waals surface area (Å²) in [5, 5.41) is 12.4. The molecule has 0 spiro atoms. The molecule has 7 heterocycles. The molecule has 0 atom stereocenters. The molecule has 1 fully saturated rings. The second-order valence-electron chi connectivity index (χ2n) is 13.8. The largest absolute Gasteiger partial charge is 0.491 e. The van der Waals surface area contributed by atoms with Crippen LogP contribution in [0.2, 0.25) is 0 Å². The minimum atomic E-state index is -0.491. The van der Waals surface area contributed by atoms with Crippen LogP contribution >= 0.6 is 0 Å². The van der Waals surface area contributed by atoms with E-state index >= 15 is 0 Å². The molecule has 0 aliphatic carbocycles. The van der Waals surface area contributed by atoms with Crippen molar-refractivity contribution in [3.8, 4) is 17.3 Å². The Balaban J connectivity index is 0.00000116. The van der Waals surface area contributed by atoms with Crippen molar-refractivity contribution in [3.05, 3.63) is 83.0 Å². The van der Waals surface area contributed by atoms with Crippen molar-refractivity contribution in [3.63, 3.8) is 0 Å². The van der Waals surface area contributed by atoms with Crippen LogP contribution in [0, 0.1) is 19.8 Å². The Labute approximate surface area is 360 Å². The Morgan fingerprint density at radius 3 is 2.29 bits per heavy atom. The van der Waals surface area contributed by atoms with Gasteiger partial charge >= 0.3 is 0 Å². The Morgan fingerprint density at radius 1 is 0.903 bits per heavy atom. The van der Waals surface area contributed by atoms with E-state index in [2.05, 4.69) is 46.7 Å². The summed E-state index contributed by atoms with van der Waals surface area (Å²) in [5.41, 5.74) is 14.5. The van der Waals surface area contributed by atoms with Gasteiger partial charge in [-0.15, -0.1) is 0 Å². The van der Waals surface area contributed by atoms with Gasteiger partial charge in [-0.2, -0.15) is 5.10 Å². The standard InChI is InChI=1S/C40H41N11O5.C2H6.2CH5N/c1-5-30-35(56-24(4)44-30)39(54)47-40-45-31-15-27(22-53)19-43-38(31)50(40)11-8-7-10-49-34-28(14-26(21-52)16-33(34)55-12-9-25-17-41-18-25)29-20-42-36(46-37(29)49)32-13-23(3)48-51(32)6-2;3*1-2/h7-8,13-16,19-22,25,41H,5-6,9-12,17-18H2,1-4H3,(H,45,47,54);1-2H3;2*2H2,1H3/b8-7+;;;. The number of imidazole rings is 1. The molecule has 6 aromatic heterocycles. The summed E-state index contributed by atoms with van der Waals surface area (Å²) >= 11 is 0. The van der Waals surface area contributed by atoms with Gasteiger partial charge in [-0.1, -0.05) is 32.9 Å². The number of nitrogens with one attached hydrogen (secondary N) is 2. The van der Waals surface area contributed by atoms with Gasteiger partial charge in [-0.3, -0.25) is 28.9 Å². The minimum Gasteiger partial charge on any atom is -0.491 e. The lowest BCUT2D eigenvalue weighted by Gasteiger charge is -2.26. The Morgan fingerprint density at radius 2 is 1.63 bits per heavy atom. The number of anilines is 1. The fraction of sp³-hybridized carbons (Fsp3) is 0.386. The van der Waals surface area contributed by atoms with Crippen molar-refractivity contribution in [2.75, 3.05) is 39.1 Å². The van der Waals surface area contributed by atoms with Crippen LogP contribution in [0.1, 0.15) is 82.7 Å². The number of allylic oxidation sites excluding steroid dienone is 2. The summed E-state index contributed by atoms with van der Waals surface area (Å²) in [4.78, 5) is 60.5. The van der Waals surface area contributed by atoms with E-state index in [1.54, 1.807) is 29.8 Å². The maximum absolute atomic E-state index is 13.4. The number of hydrogen-bond acceptors (Lipinski definition) is 14. The maximum atomic E-state index is 13.4. The van der Waals surface area contributed by atoms with Crippen molar-refractivity contribution in [2.45, 2.75) is 74.0 Å². The van der Waals surface area contributed by atoms with Gasteiger partial charge in [-0.05, 0) is 84.1 Å². The van der Waals surface area contributed by atoms with E-state index in [0.717, 1.165) is 53.5 Å². The first-order valence-electron chi connectivity index (χ1n) is 20.8. The van der Waals surface area contributed by atoms with Crippen LogP contribution in [0.4, 0.5) is 5.95 Å². The Bertz CT molecular complexity index is 2670. The highest BCUT2D eigenvalue weighted by molar-refractivity contribution is 6.10. The number of carbonyl (C=O) groups is 3. The normalized spacial score (nSPS) is 12.3. The second-order valence-corrected chi connectivity index (χ2v) is 13.8. The molecule has 1 amide bonds. The number of amides is 1. The molecule has 0 bridgehead atoms. The van der Waals surface area contributed by atoms with Crippen molar-refractivity contribution < 1.29 is 23.5 Å². The summed E-state index contributed by atoms with van der Waals surface area (Å²) in [5.74, 6) is 1.92. The van der Waals surface area contributed by atoms with E-state index in [4.69, 9.17) is 19.1 Å². The van der Waals surface area contributed by atoms with E-state index in [1.165, 1.54) is 20.3 Å². The Kier molecular flexibility index (Phi) is 16.3. The number of aldehydes is 2. The molecule has 1 saturated heterocycles. The summed E-state index contributed by atoms with van der Waals surface area (Å²) < 4.78 is 17.8. The van der Waals surface area contributed by atoms with Gasteiger partial charge in [0.1, 0.15) is 28.9 Å². The third-order valence-corrected chi connectivity index (χ3v) is 9.95. The predicted molar refractivity (Wildman–Crippen MR) is 241 cm³/mol. The summed E-state index contributed by atoms with van der Waals surface area (Å²) in [7, 11) is 3.00. The summed E-state index contributed by atoms with van der Waals surface area (Å²) in [6.07, 6.45) is 10.1. The fourth-order valence-corrected chi connectivity index (χ4v) is 7.09. The van der Waals surface area contributed by atoms with Gasteiger partial charge in [0.25, 0.3) is 5.91 Å². The molecule has 0 radical (unpaired) electrons. The number of ether oxygens (including phenoxy) is 1. The average molecular weight is 848 g/mol. The van der Waals surface area contributed by atoms with Crippen molar-refractivity contribution >= 4 is 57.5 Å². The van der Waals surface area contributed by atoms with Crippen LogP contribution in [0.15, 0.2) is 53.2 Å². The quantitative estimate of drug-likeness (QED) is 0.0717. The number of oxazole rings is 1. The smallest absolute Gasteiger partial charge is 0.295 e. The lowest BCUT2D eigenvalue weighted by Crippen LogP contribution is -2.42. The first-order chi connectivity index (χ1) is 30.3. The molecule has 6 N–H and O–H groups in total. The molecule has 1 aliphatic rings. The van der Waals surface area contributed by atoms with Crippen LogP contribution in [0.3, 0.4) is 0 Å². The molecular weight excluding hydrogens is 791 g/mol. The maximum Gasteiger partial charge on any atom is 0.295 e. The minimum absolute atomic E-state index is 0.116. The summed E-state index contributed by atoms with van der Waals surface area (Å²) in [6.45, 7) is 15.3. The number of fused-ring (bicyclic) bond motifs is 4. The lowest BCUT2D eigenvalue weighted by atomic mass is 10.0. The van der Waals surface area contributed by atoms with Gasteiger partial charge in [0.2, 0.25) is 11.7 Å².